The minimum atomic E-state index is -4.45. The zero-order valence-electron chi connectivity index (χ0n) is 13.1. The molecule has 0 unspecified atom stereocenters. The van der Waals surface area contributed by atoms with Crippen molar-refractivity contribution in [2.24, 2.45) is 7.05 Å². The van der Waals surface area contributed by atoms with Gasteiger partial charge in [-0.05, 0) is 36.8 Å². The minimum Gasteiger partial charge on any atom is -0.350 e. The molecule has 3 nitrogen and oxygen atoms in total. The van der Waals surface area contributed by atoms with E-state index < -0.39 is 17.6 Å². The number of aromatic nitrogens is 1. The molecule has 0 aliphatic heterocycles. The Hall–Kier alpha value is -2.76. The molecule has 3 aromatic rings. The van der Waals surface area contributed by atoms with Crippen molar-refractivity contribution in [3.05, 3.63) is 65.4 Å². The molecule has 0 bridgehead atoms. The summed E-state index contributed by atoms with van der Waals surface area (Å²) in [6.45, 7) is 1.89. The highest BCUT2D eigenvalue weighted by atomic mass is 19.4. The number of nitrogens with zero attached hydrogens (tertiary/aromatic N) is 1. The van der Waals surface area contributed by atoms with Crippen LogP contribution < -0.4 is 5.32 Å². The van der Waals surface area contributed by atoms with E-state index in [4.69, 9.17) is 0 Å². The predicted molar refractivity (Wildman–Crippen MR) is 87.1 cm³/mol. The average Bonchev–Trinajstić information content (AvgIpc) is 2.86. The SMILES string of the molecule is Cc1cccc2c1c(C(=O)Nc1cccc(C(F)(F)F)c1)cn2C. The van der Waals surface area contributed by atoms with Gasteiger partial charge < -0.3 is 9.88 Å². The van der Waals surface area contributed by atoms with Crippen LogP contribution in [0.3, 0.4) is 0 Å². The van der Waals surface area contributed by atoms with Gasteiger partial charge in [-0.25, -0.2) is 0 Å². The van der Waals surface area contributed by atoms with Crippen LogP contribution >= 0.6 is 0 Å². The maximum atomic E-state index is 12.8. The fourth-order valence-corrected chi connectivity index (χ4v) is 2.77. The first-order valence-electron chi connectivity index (χ1n) is 7.30. The number of alkyl halides is 3. The number of carbonyl (C=O) groups excluding carboxylic acids is 1. The van der Waals surface area contributed by atoms with E-state index in [2.05, 4.69) is 5.32 Å². The van der Waals surface area contributed by atoms with E-state index in [0.717, 1.165) is 28.6 Å². The number of anilines is 1. The van der Waals surface area contributed by atoms with Crippen LogP contribution in [0.2, 0.25) is 0 Å². The molecule has 124 valence electrons. The van der Waals surface area contributed by atoms with Gasteiger partial charge in [0.25, 0.3) is 5.91 Å². The molecule has 1 amide bonds. The Morgan fingerprint density at radius 2 is 1.83 bits per heavy atom. The number of carbonyl (C=O) groups is 1. The smallest absolute Gasteiger partial charge is 0.350 e. The molecule has 24 heavy (non-hydrogen) atoms. The molecule has 6 heteroatoms. The molecule has 0 fully saturated rings. The maximum absolute atomic E-state index is 12.8. The molecule has 1 heterocycles. The van der Waals surface area contributed by atoms with Crippen molar-refractivity contribution < 1.29 is 18.0 Å². The first-order valence-corrected chi connectivity index (χ1v) is 7.30. The van der Waals surface area contributed by atoms with Crippen molar-refractivity contribution in [1.82, 2.24) is 4.57 Å². The lowest BCUT2D eigenvalue weighted by molar-refractivity contribution is -0.137. The second-order valence-corrected chi connectivity index (χ2v) is 5.66. The quantitative estimate of drug-likeness (QED) is 0.721. The molecule has 0 radical (unpaired) electrons. The summed E-state index contributed by atoms with van der Waals surface area (Å²) in [6.07, 6.45) is -2.77. The molecule has 0 saturated carbocycles. The summed E-state index contributed by atoms with van der Waals surface area (Å²) < 4.78 is 40.2. The Morgan fingerprint density at radius 3 is 2.54 bits per heavy atom. The van der Waals surface area contributed by atoms with Crippen LogP contribution in [0.4, 0.5) is 18.9 Å². The van der Waals surface area contributed by atoms with Gasteiger partial charge >= 0.3 is 6.18 Å². The van der Waals surface area contributed by atoms with Crippen LogP contribution in [0.1, 0.15) is 21.5 Å². The highest BCUT2D eigenvalue weighted by Crippen LogP contribution is 2.31. The summed E-state index contributed by atoms with van der Waals surface area (Å²) in [4.78, 5) is 12.5. The molecule has 0 atom stereocenters. The number of aryl methyl sites for hydroxylation is 2. The van der Waals surface area contributed by atoms with Crippen molar-refractivity contribution in [2.45, 2.75) is 13.1 Å². The summed E-state index contributed by atoms with van der Waals surface area (Å²) in [6, 6.07) is 10.3. The van der Waals surface area contributed by atoms with Crippen LogP contribution in [0.15, 0.2) is 48.7 Å². The average molecular weight is 332 g/mol. The molecule has 1 N–H and O–H groups in total. The monoisotopic (exact) mass is 332 g/mol. The van der Waals surface area contributed by atoms with Crippen LogP contribution in [-0.4, -0.2) is 10.5 Å². The largest absolute Gasteiger partial charge is 0.416 e. The third kappa shape index (κ3) is 2.87. The zero-order valence-corrected chi connectivity index (χ0v) is 13.1. The fraction of sp³-hybridized carbons (Fsp3) is 0.167. The number of amides is 1. The van der Waals surface area contributed by atoms with Crippen LogP contribution in [0.25, 0.3) is 10.9 Å². The van der Waals surface area contributed by atoms with E-state index in [1.54, 1.807) is 6.20 Å². The summed E-state index contributed by atoms with van der Waals surface area (Å²) in [5.41, 5.74) is 1.57. The predicted octanol–water partition coefficient (Wildman–Crippen LogP) is 4.76. The Morgan fingerprint density at radius 1 is 1.12 bits per heavy atom. The summed E-state index contributed by atoms with van der Waals surface area (Å²) in [5, 5.41) is 3.35. The van der Waals surface area contributed by atoms with E-state index in [0.29, 0.717) is 5.56 Å². The zero-order chi connectivity index (χ0) is 17.5. The van der Waals surface area contributed by atoms with Gasteiger partial charge in [-0.2, -0.15) is 13.2 Å². The van der Waals surface area contributed by atoms with Crippen LogP contribution in [-0.2, 0) is 13.2 Å². The molecule has 0 aliphatic rings. The van der Waals surface area contributed by atoms with Crippen molar-refractivity contribution in [3.8, 4) is 0 Å². The molecule has 0 aliphatic carbocycles. The molecule has 3 rings (SSSR count). The summed E-state index contributed by atoms with van der Waals surface area (Å²) in [7, 11) is 1.82. The third-order valence-electron chi connectivity index (χ3n) is 3.92. The Bertz CT molecular complexity index is 926. The lowest BCUT2D eigenvalue weighted by Crippen LogP contribution is -2.13. The second kappa shape index (κ2) is 5.70. The third-order valence-corrected chi connectivity index (χ3v) is 3.92. The van der Waals surface area contributed by atoms with Gasteiger partial charge in [0.1, 0.15) is 0 Å². The van der Waals surface area contributed by atoms with E-state index in [1.165, 1.54) is 12.1 Å². The molecule has 2 aromatic carbocycles. The molecular weight excluding hydrogens is 317 g/mol. The number of fused-ring (bicyclic) bond motifs is 1. The Balaban J connectivity index is 1.97. The Labute approximate surface area is 136 Å². The summed E-state index contributed by atoms with van der Waals surface area (Å²) >= 11 is 0. The van der Waals surface area contributed by atoms with Crippen molar-refractivity contribution in [3.63, 3.8) is 0 Å². The number of halogens is 3. The molecule has 0 spiro atoms. The van der Waals surface area contributed by atoms with Gasteiger partial charge in [0.2, 0.25) is 0 Å². The highest BCUT2D eigenvalue weighted by Gasteiger charge is 2.30. The first kappa shape index (κ1) is 16.1. The van der Waals surface area contributed by atoms with Crippen molar-refractivity contribution in [2.75, 3.05) is 5.32 Å². The highest BCUT2D eigenvalue weighted by molar-refractivity contribution is 6.13. The number of benzene rings is 2. The standard InChI is InChI=1S/C18H15F3N2O/c1-11-5-3-8-15-16(11)14(10-23(15)2)17(24)22-13-7-4-6-12(9-13)18(19,20)21/h3-10H,1-2H3,(H,22,24). The normalized spacial score (nSPS) is 11.7. The van der Waals surface area contributed by atoms with Gasteiger partial charge in [0, 0.05) is 29.8 Å². The van der Waals surface area contributed by atoms with Crippen LogP contribution in [0.5, 0.6) is 0 Å². The number of hydrogen-bond acceptors (Lipinski definition) is 1. The molecular formula is C18H15F3N2O. The van der Waals surface area contributed by atoms with E-state index in [9.17, 15) is 18.0 Å². The lowest BCUT2D eigenvalue weighted by atomic mass is 10.1. The van der Waals surface area contributed by atoms with Gasteiger partial charge in [-0.1, -0.05) is 18.2 Å². The van der Waals surface area contributed by atoms with Gasteiger partial charge in [-0.3, -0.25) is 4.79 Å². The van der Waals surface area contributed by atoms with E-state index >= 15 is 0 Å². The number of rotatable bonds is 2. The van der Waals surface area contributed by atoms with Gasteiger partial charge in [0.15, 0.2) is 0 Å². The maximum Gasteiger partial charge on any atom is 0.416 e. The van der Waals surface area contributed by atoms with Crippen LogP contribution in [0, 0.1) is 6.92 Å². The topological polar surface area (TPSA) is 34.0 Å². The van der Waals surface area contributed by atoms with Gasteiger partial charge in [0.05, 0.1) is 11.1 Å². The fourth-order valence-electron chi connectivity index (χ4n) is 2.77. The lowest BCUT2D eigenvalue weighted by Gasteiger charge is -2.10. The molecule has 1 aromatic heterocycles. The molecule has 0 saturated heterocycles. The van der Waals surface area contributed by atoms with Gasteiger partial charge in [-0.15, -0.1) is 0 Å². The number of nitrogens with one attached hydrogen (secondary N) is 1. The van der Waals surface area contributed by atoms with E-state index in [-0.39, 0.29) is 5.69 Å². The summed E-state index contributed by atoms with van der Waals surface area (Å²) in [5.74, 6) is -0.436. The first-order chi connectivity index (χ1) is 11.3. The van der Waals surface area contributed by atoms with Crippen molar-refractivity contribution in [1.29, 1.82) is 0 Å². The second-order valence-electron chi connectivity index (χ2n) is 5.66. The number of hydrogen-bond donors (Lipinski definition) is 1. The van der Waals surface area contributed by atoms with Crippen molar-refractivity contribution >= 4 is 22.5 Å². The Kier molecular flexibility index (Phi) is 3.83. The minimum absolute atomic E-state index is 0.111. The van der Waals surface area contributed by atoms with E-state index in [1.807, 2.05) is 36.7 Å².